The Morgan fingerprint density at radius 2 is 1.77 bits per heavy atom. The normalized spacial score (nSPS) is 45.0. The van der Waals surface area contributed by atoms with E-state index in [9.17, 15) is 18.0 Å². The molecule has 3 saturated heterocycles. The highest BCUT2D eigenvalue weighted by Gasteiger charge is 2.68. The van der Waals surface area contributed by atoms with Crippen molar-refractivity contribution < 1.29 is 32.2 Å². The number of carbonyl (C=O) groups excluding carboxylic acids is 2. The van der Waals surface area contributed by atoms with Gasteiger partial charge in [-0.1, -0.05) is 39.3 Å². The lowest BCUT2D eigenvalue weighted by atomic mass is 9.47. The molecule has 1 amide bonds. The molecule has 10 heteroatoms. The Bertz CT molecular complexity index is 1370. The molecule has 11 atom stereocenters. The molecular weight excluding hydrogens is 616 g/mol. The third-order valence-electron chi connectivity index (χ3n) is 14.5. The summed E-state index contributed by atoms with van der Waals surface area (Å²) in [7, 11) is -3.24. The van der Waals surface area contributed by atoms with Crippen LogP contribution in [0.25, 0.3) is 0 Å². The monoisotopic (exact) mass is 674 g/mol. The van der Waals surface area contributed by atoms with Gasteiger partial charge >= 0.3 is 5.97 Å². The molecule has 0 aromatic carbocycles. The third kappa shape index (κ3) is 5.73. The van der Waals surface area contributed by atoms with Gasteiger partial charge in [0.2, 0.25) is 15.9 Å². The van der Waals surface area contributed by atoms with E-state index >= 15 is 0 Å². The number of hydrogen-bond acceptors (Lipinski definition) is 7. The first-order chi connectivity index (χ1) is 22.3. The Labute approximate surface area is 282 Å². The van der Waals surface area contributed by atoms with Crippen LogP contribution in [0.15, 0.2) is 11.6 Å². The van der Waals surface area contributed by atoms with Gasteiger partial charge in [0.1, 0.15) is 6.10 Å². The van der Waals surface area contributed by atoms with Crippen molar-refractivity contribution in [1.82, 2.24) is 9.21 Å². The molecule has 3 heterocycles. The number of sulfonamides is 1. The predicted octanol–water partition coefficient (Wildman–Crippen LogP) is 5.54. The van der Waals surface area contributed by atoms with Crippen LogP contribution in [0.4, 0.5) is 0 Å². The molecule has 7 rings (SSSR count). The SMILES string of the molecule is CCS(=O)(=O)N1CCN(C(=O)CCC(=O)O[C@H]2CC[C@@]3(C)C(=CC[C@H]4[C@@H]5C[C@@H]6O[C@]7(CC[C@@H](C)CO7)[C@@H](C)[C@@H]6[C@@]5(C)CC[C@@H]43)C2)CC1. The van der Waals surface area contributed by atoms with E-state index in [1.54, 1.807) is 11.8 Å². The lowest BCUT2D eigenvalue weighted by Crippen LogP contribution is -2.52. The van der Waals surface area contributed by atoms with Gasteiger partial charge in [-0.3, -0.25) is 9.59 Å². The van der Waals surface area contributed by atoms with Crippen LogP contribution in [0.1, 0.15) is 105 Å². The number of allylic oxidation sites excluding steroid dienone is 1. The molecule has 4 aliphatic carbocycles. The number of carbonyl (C=O) groups is 2. The second kappa shape index (κ2) is 12.4. The molecule has 0 radical (unpaired) electrons. The molecule has 3 aliphatic heterocycles. The summed E-state index contributed by atoms with van der Waals surface area (Å²) in [5.74, 6) is 2.95. The van der Waals surface area contributed by atoms with Crippen molar-refractivity contribution in [1.29, 1.82) is 0 Å². The number of ether oxygens (including phenoxy) is 3. The van der Waals surface area contributed by atoms with E-state index in [0.29, 0.717) is 73.2 Å². The molecule has 0 N–H and O–H groups in total. The Kier molecular flexibility index (Phi) is 8.95. The maximum Gasteiger partial charge on any atom is 0.306 e. The Balaban J connectivity index is 0.928. The largest absolute Gasteiger partial charge is 0.462 e. The lowest BCUT2D eigenvalue weighted by Gasteiger charge is -2.58. The number of nitrogens with zero attached hydrogens (tertiary/aromatic N) is 2. The van der Waals surface area contributed by atoms with Gasteiger partial charge < -0.3 is 19.1 Å². The smallest absolute Gasteiger partial charge is 0.306 e. The first-order valence-corrected chi connectivity index (χ1v) is 20.4. The average Bonchev–Trinajstić information content (AvgIpc) is 3.50. The van der Waals surface area contributed by atoms with Crippen LogP contribution in [0.5, 0.6) is 0 Å². The molecule has 0 bridgehead atoms. The molecular formula is C37H58N2O7S. The van der Waals surface area contributed by atoms with Crippen LogP contribution >= 0.6 is 0 Å². The maximum atomic E-state index is 12.9. The zero-order chi connectivity index (χ0) is 33.4. The first-order valence-electron chi connectivity index (χ1n) is 18.8. The lowest BCUT2D eigenvalue weighted by molar-refractivity contribution is -0.272. The van der Waals surface area contributed by atoms with Crippen molar-refractivity contribution in [3.63, 3.8) is 0 Å². The van der Waals surface area contributed by atoms with Gasteiger partial charge in [-0.05, 0) is 92.3 Å². The number of fused-ring (bicyclic) bond motifs is 7. The van der Waals surface area contributed by atoms with Gasteiger partial charge in [-0.2, -0.15) is 4.31 Å². The van der Waals surface area contributed by atoms with Crippen molar-refractivity contribution in [2.24, 2.45) is 46.3 Å². The van der Waals surface area contributed by atoms with Crippen LogP contribution in [-0.4, -0.2) is 86.0 Å². The summed E-state index contributed by atoms with van der Waals surface area (Å²) >= 11 is 0. The Morgan fingerprint density at radius 1 is 1.00 bits per heavy atom. The molecule has 264 valence electrons. The van der Waals surface area contributed by atoms with Gasteiger partial charge in [0.15, 0.2) is 5.79 Å². The van der Waals surface area contributed by atoms with E-state index in [2.05, 4.69) is 33.8 Å². The minimum atomic E-state index is -3.24. The molecule has 0 aromatic heterocycles. The van der Waals surface area contributed by atoms with Crippen molar-refractivity contribution in [3.05, 3.63) is 11.6 Å². The van der Waals surface area contributed by atoms with E-state index in [1.165, 1.54) is 35.6 Å². The van der Waals surface area contributed by atoms with E-state index in [1.807, 2.05) is 0 Å². The summed E-state index contributed by atoms with van der Waals surface area (Å²) in [6.45, 7) is 13.6. The third-order valence-corrected chi connectivity index (χ3v) is 16.4. The summed E-state index contributed by atoms with van der Waals surface area (Å²) in [6, 6.07) is 0. The summed E-state index contributed by atoms with van der Waals surface area (Å²) in [5, 5.41) is 0. The number of amides is 1. The van der Waals surface area contributed by atoms with Crippen LogP contribution in [0.3, 0.4) is 0 Å². The quantitative estimate of drug-likeness (QED) is 0.269. The maximum absolute atomic E-state index is 12.9. The molecule has 0 aromatic rings. The van der Waals surface area contributed by atoms with Gasteiger partial charge in [-0.15, -0.1) is 0 Å². The summed E-state index contributed by atoms with van der Waals surface area (Å²) in [6.07, 6.45) is 12.6. The van der Waals surface area contributed by atoms with E-state index < -0.39 is 10.0 Å². The summed E-state index contributed by atoms with van der Waals surface area (Å²) in [4.78, 5) is 27.3. The molecule has 9 nitrogen and oxygen atoms in total. The highest BCUT2D eigenvalue weighted by atomic mass is 32.2. The number of piperazine rings is 1. The van der Waals surface area contributed by atoms with Crippen LogP contribution in [0, 0.1) is 46.3 Å². The fourth-order valence-electron chi connectivity index (χ4n) is 11.8. The molecule has 0 unspecified atom stereocenters. The topological polar surface area (TPSA) is 102 Å². The molecule has 47 heavy (non-hydrogen) atoms. The van der Waals surface area contributed by atoms with Gasteiger partial charge in [0, 0.05) is 51.4 Å². The van der Waals surface area contributed by atoms with E-state index in [-0.39, 0.29) is 47.8 Å². The van der Waals surface area contributed by atoms with E-state index in [4.69, 9.17) is 14.2 Å². The van der Waals surface area contributed by atoms with Crippen LogP contribution in [0.2, 0.25) is 0 Å². The van der Waals surface area contributed by atoms with Crippen LogP contribution in [-0.2, 0) is 33.8 Å². The number of esters is 1. The zero-order valence-corrected chi connectivity index (χ0v) is 30.2. The highest BCUT2D eigenvalue weighted by molar-refractivity contribution is 7.89. The van der Waals surface area contributed by atoms with Gasteiger partial charge in [0.25, 0.3) is 0 Å². The van der Waals surface area contributed by atoms with E-state index in [0.717, 1.165) is 38.7 Å². The van der Waals surface area contributed by atoms with Crippen LogP contribution < -0.4 is 0 Å². The second-order valence-electron chi connectivity index (χ2n) is 16.8. The predicted molar refractivity (Wildman–Crippen MR) is 178 cm³/mol. The molecule has 3 saturated carbocycles. The Hall–Kier alpha value is -1.49. The van der Waals surface area contributed by atoms with Crippen molar-refractivity contribution in [2.45, 2.75) is 123 Å². The highest BCUT2D eigenvalue weighted by Crippen LogP contribution is 2.70. The number of hydrogen-bond donors (Lipinski definition) is 0. The van der Waals surface area contributed by atoms with Crippen molar-refractivity contribution >= 4 is 21.9 Å². The Morgan fingerprint density at radius 3 is 2.47 bits per heavy atom. The molecule has 7 aliphatic rings. The summed E-state index contributed by atoms with van der Waals surface area (Å²) in [5.41, 5.74) is 1.94. The zero-order valence-electron chi connectivity index (χ0n) is 29.4. The standard InChI is InChI=1S/C37H58N2O7S/c1-6-47(42,43)39-19-17-38(18-20-39)32(40)9-10-33(41)45-27-12-14-35(4)26(21-27)7-8-28-29(35)13-15-36(5)30(28)22-31-34(36)25(3)37(46-31)16-11-24(2)23-44-37/h7,24-25,27-31,34H,6,8-23H2,1-5H3/t24-,25+,27+,28-,29+,30+,31+,34+,35+,36+,37-/m1/s1. The van der Waals surface area contributed by atoms with Crippen molar-refractivity contribution in [2.75, 3.05) is 38.5 Å². The summed E-state index contributed by atoms with van der Waals surface area (Å²) < 4.78 is 45.1. The molecule has 1 spiro atoms. The minimum Gasteiger partial charge on any atom is -0.462 e. The molecule has 6 fully saturated rings. The fourth-order valence-corrected chi connectivity index (χ4v) is 12.8. The fraction of sp³-hybridized carbons (Fsp3) is 0.892. The number of rotatable bonds is 6. The second-order valence-corrected chi connectivity index (χ2v) is 19.1. The van der Waals surface area contributed by atoms with Crippen molar-refractivity contribution in [3.8, 4) is 0 Å². The van der Waals surface area contributed by atoms with Gasteiger partial charge in [-0.25, -0.2) is 8.42 Å². The average molecular weight is 675 g/mol. The minimum absolute atomic E-state index is 0.0665. The van der Waals surface area contributed by atoms with Gasteiger partial charge in [0.05, 0.1) is 24.9 Å². The first kappa shape index (κ1) is 34.0.